The van der Waals surface area contributed by atoms with Gasteiger partial charge in [0, 0.05) is 12.7 Å². The van der Waals surface area contributed by atoms with Gasteiger partial charge in [0.25, 0.3) is 0 Å². The molecule has 0 spiro atoms. The number of hydrogen-bond donors (Lipinski definition) is 0. The van der Waals surface area contributed by atoms with E-state index < -0.39 is 8.80 Å². The topological polar surface area (TPSA) is 22.4 Å². The Bertz CT molecular complexity index is 277. The van der Waals surface area contributed by atoms with Gasteiger partial charge >= 0.3 is 0 Å². The summed E-state index contributed by atoms with van der Waals surface area (Å²) < 4.78 is 10.8. The third-order valence-corrected chi connectivity index (χ3v) is 6.52. The van der Waals surface area contributed by atoms with E-state index >= 15 is 0 Å². The van der Waals surface area contributed by atoms with Crippen LogP contribution in [-0.4, -0.2) is 15.9 Å². The summed E-state index contributed by atoms with van der Waals surface area (Å²) >= 11 is 0. The second-order valence-electron chi connectivity index (χ2n) is 4.08. The number of ether oxygens (including phenoxy) is 1. The number of furan rings is 1. The lowest BCUT2D eigenvalue weighted by atomic mass is 10.3. The summed E-state index contributed by atoms with van der Waals surface area (Å²) in [6.45, 7) is 0.718. The molecule has 2 rings (SSSR count). The molecule has 1 saturated heterocycles. The molecule has 0 radical (unpaired) electrons. The minimum atomic E-state index is -0.753. The summed E-state index contributed by atoms with van der Waals surface area (Å²) in [7, 11) is 0.996. The highest BCUT2D eigenvalue weighted by molar-refractivity contribution is 6.72. The van der Waals surface area contributed by atoms with Crippen molar-refractivity contribution in [1.29, 1.82) is 0 Å². The monoisotopic (exact) mass is 210 g/mol. The van der Waals surface area contributed by atoms with Crippen LogP contribution in [0.5, 0.6) is 0 Å². The largest absolute Gasteiger partial charge is 0.474 e. The molecule has 78 valence electrons. The maximum Gasteiger partial charge on any atom is 0.117 e. The smallest absolute Gasteiger partial charge is 0.117 e. The highest BCUT2D eigenvalue weighted by Gasteiger charge is 2.22. The molecule has 0 atom stereocenters. The van der Waals surface area contributed by atoms with E-state index in [2.05, 4.69) is 6.07 Å². The molecule has 1 aromatic heterocycles. The number of methoxy groups -OCH3 is 1. The predicted octanol–water partition coefficient (Wildman–Crippen LogP) is 2.04. The molecule has 1 fully saturated rings. The van der Waals surface area contributed by atoms with Gasteiger partial charge in [0.15, 0.2) is 0 Å². The molecule has 0 bridgehead atoms. The fraction of sp³-hybridized carbons (Fsp3) is 0.636. The van der Waals surface area contributed by atoms with Gasteiger partial charge in [-0.3, -0.25) is 0 Å². The third-order valence-electron chi connectivity index (χ3n) is 3.06. The molecule has 0 saturated carbocycles. The minimum absolute atomic E-state index is 0.718. The average molecular weight is 210 g/mol. The predicted molar refractivity (Wildman–Crippen MR) is 59.7 cm³/mol. The lowest BCUT2D eigenvalue weighted by molar-refractivity contribution is 0.185. The van der Waals surface area contributed by atoms with E-state index in [1.54, 1.807) is 7.11 Å². The fourth-order valence-electron chi connectivity index (χ4n) is 2.35. The Morgan fingerprint density at radius 3 is 2.86 bits per heavy atom. The van der Waals surface area contributed by atoms with Gasteiger partial charge in [0.05, 0.1) is 18.3 Å². The summed E-state index contributed by atoms with van der Waals surface area (Å²) in [6, 6.07) is 4.91. The summed E-state index contributed by atoms with van der Waals surface area (Å²) in [5.74, 6) is 0. The zero-order valence-electron chi connectivity index (χ0n) is 8.79. The molecule has 0 amide bonds. The maximum absolute atomic E-state index is 5.64. The first-order valence-electron chi connectivity index (χ1n) is 5.47. The molecule has 0 N–H and O–H groups in total. The SMILES string of the molecule is COCc1ccoc1[SiH]1CCCCC1. The molecule has 14 heavy (non-hydrogen) atoms. The van der Waals surface area contributed by atoms with Crippen molar-refractivity contribution in [1.82, 2.24) is 0 Å². The highest BCUT2D eigenvalue weighted by Crippen LogP contribution is 2.20. The van der Waals surface area contributed by atoms with E-state index in [0.29, 0.717) is 0 Å². The van der Waals surface area contributed by atoms with Gasteiger partial charge in [0.2, 0.25) is 0 Å². The van der Waals surface area contributed by atoms with Crippen molar-refractivity contribution in [3.8, 4) is 0 Å². The zero-order valence-corrected chi connectivity index (χ0v) is 9.95. The Morgan fingerprint density at radius 2 is 2.14 bits per heavy atom. The van der Waals surface area contributed by atoms with Gasteiger partial charge in [-0.15, -0.1) is 0 Å². The van der Waals surface area contributed by atoms with Gasteiger partial charge < -0.3 is 9.15 Å². The van der Waals surface area contributed by atoms with Crippen LogP contribution >= 0.6 is 0 Å². The lowest BCUT2D eigenvalue weighted by Gasteiger charge is -2.19. The second kappa shape index (κ2) is 4.80. The van der Waals surface area contributed by atoms with E-state index in [1.807, 2.05) is 6.26 Å². The van der Waals surface area contributed by atoms with Crippen LogP contribution in [0.4, 0.5) is 0 Å². The van der Waals surface area contributed by atoms with Gasteiger partial charge in [0.1, 0.15) is 8.80 Å². The van der Waals surface area contributed by atoms with Crippen LogP contribution in [0.25, 0.3) is 0 Å². The standard InChI is InChI=1S/C11H18O2Si/c1-12-9-10-5-6-13-11(10)14-7-3-2-4-8-14/h5-6,14H,2-4,7-9H2,1H3. The number of rotatable bonds is 3. The molecule has 1 aromatic rings. The quantitative estimate of drug-likeness (QED) is 0.712. The van der Waals surface area contributed by atoms with Crippen LogP contribution in [0.2, 0.25) is 12.1 Å². The van der Waals surface area contributed by atoms with E-state index in [4.69, 9.17) is 9.15 Å². The first-order chi connectivity index (χ1) is 6.92. The van der Waals surface area contributed by atoms with Gasteiger partial charge in [-0.1, -0.05) is 31.4 Å². The maximum atomic E-state index is 5.64. The molecule has 0 unspecified atom stereocenters. The summed E-state index contributed by atoms with van der Waals surface area (Å²) in [4.78, 5) is 0. The van der Waals surface area contributed by atoms with Crippen molar-refractivity contribution in [2.75, 3.05) is 7.11 Å². The molecule has 0 aromatic carbocycles. The van der Waals surface area contributed by atoms with Crippen LogP contribution in [0.1, 0.15) is 24.8 Å². The Kier molecular flexibility index (Phi) is 3.43. The molecule has 3 heteroatoms. The first-order valence-corrected chi connectivity index (χ1v) is 7.68. The van der Waals surface area contributed by atoms with Crippen LogP contribution < -0.4 is 5.38 Å². The van der Waals surface area contributed by atoms with Crippen molar-refractivity contribution in [2.45, 2.75) is 38.0 Å². The van der Waals surface area contributed by atoms with Crippen molar-refractivity contribution in [3.63, 3.8) is 0 Å². The van der Waals surface area contributed by atoms with Gasteiger partial charge in [-0.05, 0) is 6.07 Å². The zero-order chi connectivity index (χ0) is 9.80. The van der Waals surface area contributed by atoms with E-state index in [1.165, 1.54) is 42.3 Å². The van der Waals surface area contributed by atoms with Crippen molar-refractivity contribution >= 4 is 14.2 Å². The van der Waals surface area contributed by atoms with E-state index in [0.717, 1.165) is 6.61 Å². The molecule has 0 aliphatic carbocycles. The van der Waals surface area contributed by atoms with Crippen molar-refractivity contribution in [3.05, 3.63) is 17.9 Å². The molecule has 1 aliphatic heterocycles. The molecular formula is C11H18O2Si. The van der Waals surface area contributed by atoms with Gasteiger partial charge in [-0.25, -0.2) is 0 Å². The molecule has 1 aliphatic rings. The van der Waals surface area contributed by atoms with Crippen molar-refractivity contribution < 1.29 is 9.15 Å². The lowest BCUT2D eigenvalue weighted by Crippen LogP contribution is -2.33. The van der Waals surface area contributed by atoms with Crippen LogP contribution in [0.15, 0.2) is 16.7 Å². The van der Waals surface area contributed by atoms with E-state index in [9.17, 15) is 0 Å². The van der Waals surface area contributed by atoms with Crippen LogP contribution in [-0.2, 0) is 11.3 Å². The van der Waals surface area contributed by atoms with Crippen molar-refractivity contribution in [2.24, 2.45) is 0 Å². The van der Waals surface area contributed by atoms with E-state index in [-0.39, 0.29) is 0 Å². The normalized spacial score (nSPS) is 18.6. The average Bonchev–Trinajstić information content (AvgIpc) is 2.68. The molecular weight excluding hydrogens is 192 g/mol. The second-order valence-corrected chi connectivity index (χ2v) is 7.15. The Labute approximate surface area is 86.9 Å². The Balaban J connectivity index is 2.09. The molecule has 2 heterocycles. The fourth-order valence-corrected chi connectivity index (χ4v) is 5.70. The Hall–Kier alpha value is -0.543. The third kappa shape index (κ3) is 2.09. The summed E-state index contributed by atoms with van der Waals surface area (Å²) in [5, 5.41) is 1.31. The first kappa shape index (κ1) is 9.99. The minimum Gasteiger partial charge on any atom is -0.474 e. The van der Waals surface area contributed by atoms with Crippen LogP contribution in [0, 0.1) is 0 Å². The molecule has 2 nitrogen and oxygen atoms in total. The summed E-state index contributed by atoms with van der Waals surface area (Å²) in [5.41, 5.74) is 1.30. The highest BCUT2D eigenvalue weighted by atomic mass is 28.3. The Morgan fingerprint density at radius 1 is 1.36 bits per heavy atom. The summed E-state index contributed by atoms with van der Waals surface area (Å²) in [6.07, 6.45) is 6.06. The number of hydrogen-bond acceptors (Lipinski definition) is 2. The van der Waals surface area contributed by atoms with Gasteiger partial charge in [-0.2, -0.15) is 0 Å². The van der Waals surface area contributed by atoms with Crippen LogP contribution in [0.3, 0.4) is 0 Å².